The molecule has 0 amide bonds. The Morgan fingerprint density at radius 1 is 0.541 bits per heavy atom. The molecule has 0 unspecified atom stereocenters. The van der Waals surface area contributed by atoms with Gasteiger partial charge in [-0.25, -0.2) is 0 Å². The van der Waals surface area contributed by atoms with E-state index in [0.29, 0.717) is 0 Å². The number of ether oxygens (including phenoxy) is 1. The molecular formula is C66H44BN3O2S2. The molecule has 0 saturated heterocycles. The van der Waals surface area contributed by atoms with E-state index >= 15 is 0 Å². The number of hydrogen-bond acceptors (Lipinski definition) is 6. The minimum Gasteiger partial charge on any atom is -0.455 e. The first-order valence-corrected chi connectivity index (χ1v) is 27.0. The summed E-state index contributed by atoms with van der Waals surface area (Å²) in [4.78, 5) is 8.46. The van der Waals surface area contributed by atoms with E-state index in [9.17, 15) is 0 Å². The van der Waals surface area contributed by atoms with Crippen molar-refractivity contribution in [3.05, 3.63) is 218 Å². The van der Waals surface area contributed by atoms with Gasteiger partial charge in [0.1, 0.15) is 22.7 Å². The van der Waals surface area contributed by atoms with Gasteiger partial charge in [0.15, 0.2) is 0 Å². The zero-order valence-electron chi connectivity index (χ0n) is 40.8. The van der Waals surface area contributed by atoms with Crippen molar-refractivity contribution in [2.45, 2.75) is 36.0 Å². The molecule has 8 heteroatoms. The molecule has 3 aliphatic heterocycles. The van der Waals surface area contributed by atoms with Crippen molar-refractivity contribution in [2.24, 2.45) is 0 Å². The minimum absolute atomic E-state index is 0.0765. The number of benzene rings is 10. The van der Waals surface area contributed by atoms with Gasteiger partial charge in [-0.3, -0.25) is 0 Å². The molecule has 16 rings (SSSR count). The SMILES string of the molecule is CC(C)(C)c1ccc(N2c3cc4c(cc3B3c5c2cc2c(oc6ccccc62)c5-c2ccc(N(c5ccccc5)c5ccccc5)c5c6c7ccccc7sc6n3c25)Sc2ccccc2O4)c(-c2ccccc2)c1. The lowest BCUT2D eigenvalue weighted by Gasteiger charge is -2.42. The average molecular weight is 986 g/mol. The summed E-state index contributed by atoms with van der Waals surface area (Å²) in [7, 11) is 0. The van der Waals surface area contributed by atoms with Crippen LogP contribution in [0.3, 0.4) is 0 Å². The fourth-order valence-electron chi connectivity index (χ4n) is 12.3. The molecule has 0 radical (unpaired) electrons. The van der Waals surface area contributed by atoms with Gasteiger partial charge in [-0.05, 0) is 106 Å². The Morgan fingerprint density at radius 2 is 1.24 bits per heavy atom. The fourth-order valence-corrected chi connectivity index (χ4v) is 14.5. The van der Waals surface area contributed by atoms with Crippen molar-refractivity contribution >= 4 is 128 Å². The summed E-state index contributed by atoms with van der Waals surface area (Å²) in [5, 5.41) is 5.93. The lowest BCUT2D eigenvalue weighted by Crippen LogP contribution is -2.56. The lowest BCUT2D eigenvalue weighted by atomic mass is 9.45. The van der Waals surface area contributed by atoms with E-state index < -0.39 is 0 Å². The number of rotatable bonds is 5. The van der Waals surface area contributed by atoms with Crippen molar-refractivity contribution in [1.82, 2.24) is 4.48 Å². The number of aromatic nitrogens is 1. The van der Waals surface area contributed by atoms with E-state index in [4.69, 9.17) is 9.15 Å². The van der Waals surface area contributed by atoms with Crippen LogP contribution < -0.4 is 25.5 Å². The molecule has 5 nitrogen and oxygen atoms in total. The third-order valence-corrected chi connectivity index (χ3v) is 17.8. The Hall–Kier alpha value is -8.43. The van der Waals surface area contributed by atoms with E-state index in [1.807, 2.05) is 11.3 Å². The van der Waals surface area contributed by atoms with Gasteiger partial charge in [-0.2, -0.15) is 0 Å². The van der Waals surface area contributed by atoms with E-state index in [-0.39, 0.29) is 12.3 Å². The molecule has 3 aliphatic rings. The van der Waals surface area contributed by atoms with Crippen molar-refractivity contribution in [1.29, 1.82) is 0 Å². The van der Waals surface area contributed by atoms with E-state index in [2.05, 4.69) is 247 Å². The smallest absolute Gasteiger partial charge is 0.333 e. The van der Waals surface area contributed by atoms with Gasteiger partial charge >= 0.3 is 6.85 Å². The molecule has 0 spiro atoms. The summed E-state index contributed by atoms with van der Waals surface area (Å²) in [6.45, 7) is 6.66. The standard InChI is InChI=1S/C66H44BN3O2S2/c1-66(2,3)40-31-33-49(46(35-40)39-19-7-4-8-20-39)69-51-38-55-58(73-57-30-18-16-28-54(57)71-55)37-48(51)67-62-52(69)36-47-43-25-13-15-27-53(43)72-64(47)60(62)45-32-34-50(68(41-21-9-5-10-22-41)42-23-11-6-12-24-42)61-59-44-26-14-17-29-56(44)74-65(59)70(67)63(45)61/h4-38H,1-3H3. The number of para-hydroxylation sites is 4. The summed E-state index contributed by atoms with van der Waals surface area (Å²) in [5.41, 5.74) is 17.9. The van der Waals surface area contributed by atoms with Crippen LogP contribution in [0, 0.1) is 0 Å². The quantitative estimate of drug-likeness (QED) is 0.161. The normalized spacial score (nSPS) is 13.3. The van der Waals surface area contributed by atoms with Crippen molar-refractivity contribution < 1.29 is 9.15 Å². The summed E-state index contributed by atoms with van der Waals surface area (Å²) in [6.07, 6.45) is 0. The monoisotopic (exact) mass is 985 g/mol. The number of furan rings is 1. The van der Waals surface area contributed by atoms with Gasteiger partial charge in [0.2, 0.25) is 0 Å². The summed E-state index contributed by atoms with van der Waals surface area (Å²) < 4.78 is 18.2. The second-order valence-electron chi connectivity index (χ2n) is 20.8. The molecule has 350 valence electrons. The maximum Gasteiger partial charge on any atom is 0.333 e. The Morgan fingerprint density at radius 3 is 2.03 bits per heavy atom. The number of fused-ring (bicyclic) bond motifs is 15. The third kappa shape index (κ3) is 5.95. The van der Waals surface area contributed by atoms with Gasteiger partial charge in [0, 0.05) is 82.7 Å². The van der Waals surface area contributed by atoms with Crippen molar-refractivity contribution in [3.63, 3.8) is 0 Å². The highest BCUT2D eigenvalue weighted by Gasteiger charge is 2.47. The van der Waals surface area contributed by atoms with Crippen LogP contribution in [0.1, 0.15) is 26.3 Å². The van der Waals surface area contributed by atoms with E-state index in [0.717, 1.165) is 94.0 Å². The van der Waals surface area contributed by atoms with Crippen LogP contribution in [0.4, 0.5) is 34.1 Å². The van der Waals surface area contributed by atoms with Crippen molar-refractivity contribution in [2.75, 3.05) is 9.80 Å². The maximum atomic E-state index is 7.26. The number of anilines is 6. The second kappa shape index (κ2) is 15.5. The maximum absolute atomic E-state index is 7.26. The Kier molecular flexibility index (Phi) is 8.85. The Bertz CT molecular complexity index is 4460. The molecule has 0 fully saturated rings. The number of thiophene rings is 1. The van der Waals surface area contributed by atoms with Gasteiger partial charge in [-0.15, -0.1) is 11.3 Å². The van der Waals surface area contributed by atoms with Crippen LogP contribution in [-0.2, 0) is 5.41 Å². The second-order valence-corrected chi connectivity index (χ2v) is 22.9. The molecular weight excluding hydrogens is 942 g/mol. The Balaban J connectivity index is 1.10. The zero-order valence-corrected chi connectivity index (χ0v) is 42.4. The number of hydrogen-bond donors (Lipinski definition) is 0. The molecule has 0 saturated carbocycles. The zero-order chi connectivity index (χ0) is 49.0. The van der Waals surface area contributed by atoms with Gasteiger partial charge in [0.25, 0.3) is 0 Å². The van der Waals surface area contributed by atoms with Gasteiger partial charge < -0.3 is 23.4 Å². The van der Waals surface area contributed by atoms with Crippen LogP contribution in [0.2, 0.25) is 0 Å². The summed E-state index contributed by atoms with van der Waals surface area (Å²) in [6, 6.07) is 77.7. The molecule has 3 aromatic heterocycles. The lowest BCUT2D eigenvalue weighted by molar-refractivity contribution is 0.455. The number of nitrogens with zero attached hydrogens (tertiary/aromatic N) is 3. The molecule has 10 aromatic carbocycles. The first-order valence-electron chi connectivity index (χ1n) is 25.4. The molecule has 0 aliphatic carbocycles. The summed E-state index contributed by atoms with van der Waals surface area (Å²) in [5.74, 6) is 1.73. The molecule has 13 aromatic rings. The van der Waals surface area contributed by atoms with Crippen LogP contribution in [0.25, 0.3) is 75.4 Å². The van der Waals surface area contributed by atoms with Crippen molar-refractivity contribution in [3.8, 4) is 33.8 Å². The van der Waals surface area contributed by atoms with Gasteiger partial charge in [0.05, 0.1) is 26.0 Å². The van der Waals surface area contributed by atoms with E-state index in [1.165, 1.54) is 53.3 Å². The largest absolute Gasteiger partial charge is 0.455 e. The molecule has 0 N–H and O–H groups in total. The summed E-state index contributed by atoms with van der Waals surface area (Å²) >= 11 is 3.69. The highest BCUT2D eigenvalue weighted by Crippen LogP contribution is 2.57. The average Bonchev–Trinajstić information content (AvgIpc) is 4.15. The van der Waals surface area contributed by atoms with E-state index in [1.54, 1.807) is 11.8 Å². The molecule has 0 atom stereocenters. The minimum atomic E-state index is -0.251. The van der Waals surface area contributed by atoms with Crippen LogP contribution in [0.5, 0.6) is 11.5 Å². The van der Waals surface area contributed by atoms with Crippen LogP contribution in [-0.4, -0.2) is 11.3 Å². The highest BCUT2D eigenvalue weighted by atomic mass is 32.2. The predicted molar refractivity (Wildman–Crippen MR) is 312 cm³/mol. The van der Waals surface area contributed by atoms with Gasteiger partial charge in [-0.1, -0.05) is 160 Å². The molecule has 0 bridgehead atoms. The highest BCUT2D eigenvalue weighted by molar-refractivity contribution is 7.99. The topological polar surface area (TPSA) is 33.8 Å². The molecule has 6 heterocycles. The first kappa shape index (κ1) is 42.1. The molecule has 74 heavy (non-hydrogen) atoms. The van der Waals surface area contributed by atoms with Crippen LogP contribution in [0.15, 0.2) is 227 Å². The first-order chi connectivity index (χ1) is 36.4. The Labute approximate surface area is 436 Å². The fraction of sp³-hybridized carbons (Fsp3) is 0.0606. The van der Waals surface area contributed by atoms with Crippen LogP contribution >= 0.6 is 23.1 Å². The third-order valence-electron chi connectivity index (χ3n) is 15.5. The predicted octanol–water partition coefficient (Wildman–Crippen LogP) is 18.0.